The second-order valence-corrected chi connectivity index (χ2v) is 5.75. The minimum atomic E-state index is 0.691. The molecule has 1 aromatic carbocycles. The van der Waals surface area contributed by atoms with Gasteiger partial charge in [0.05, 0.1) is 6.54 Å². The van der Waals surface area contributed by atoms with Gasteiger partial charge in [-0.3, -0.25) is 4.99 Å². The molecule has 0 amide bonds. The second kappa shape index (κ2) is 6.10. The zero-order valence-corrected chi connectivity index (χ0v) is 11.4. The molecule has 1 unspecified atom stereocenters. The molecule has 2 rings (SSSR count). The Morgan fingerprint density at radius 3 is 3.06 bits per heavy atom. The molecule has 1 aliphatic rings. The minimum absolute atomic E-state index is 0.691. The number of amidine groups is 1. The lowest BCUT2D eigenvalue weighted by molar-refractivity contribution is 0.836. The van der Waals surface area contributed by atoms with Gasteiger partial charge in [-0.1, -0.05) is 48.5 Å². The van der Waals surface area contributed by atoms with Crippen molar-refractivity contribution in [2.24, 2.45) is 4.99 Å². The van der Waals surface area contributed by atoms with Crippen LogP contribution in [0.3, 0.4) is 0 Å². The normalized spacial score (nSPS) is 19.2. The summed E-state index contributed by atoms with van der Waals surface area (Å²) in [5.41, 5.74) is 2.73. The number of rotatable bonds is 4. The maximum absolute atomic E-state index is 4.51. The molecule has 92 valence electrons. The fourth-order valence-corrected chi connectivity index (χ4v) is 2.87. The van der Waals surface area contributed by atoms with Gasteiger partial charge >= 0.3 is 0 Å². The van der Waals surface area contributed by atoms with Crippen LogP contribution in [0.4, 0.5) is 0 Å². The molecule has 2 nitrogen and oxygen atoms in total. The quantitative estimate of drug-likeness (QED) is 0.886. The standard InChI is InChI=1S/C14H20N2S/c1-3-13-10-16-14(17-13)15-8-7-12-6-4-5-11(2)9-12/h4-6,9,13H,3,7-8,10H2,1-2H3,(H,15,16). The molecule has 1 N–H and O–H groups in total. The van der Waals surface area contributed by atoms with E-state index in [1.54, 1.807) is 0 Å². The number of hydrogen-bond acceptors (Lipinski definition) is 3. The molecular formula is C14H20N2S. The third kappa shape index (κ3) is 3.77. The highest BCUT2D eigenvalue weighted by molar-refractivity contribution is 8.14. The zero-order chi connectivity index (χ0) is 12.1. The average molecular weight is 248 g/mol. The van der Waals surface area contributed by atoms with Crippen LogP contribution in [-0.4, -0.2) is 23.5 Å². The van der Waals surface area contributed by atoms with Gasteiger partial charge in [-0.15, -0.1) is 0 Å². The first-order valence-electron chi connectivity index (χ1n) is 6.28. The number of nitrogens with zero attached hydrogens (tertiary/aromatic N) is 1. The summed E-state index contributed by atoms with van der Waals surface area (Å²) >= 11 is 1.89. The fourth-order valence-electron chi connectivity index (χ4n) is 1.91. The third-order valence-corrected chi connectivity index (χ3v) is 4.26. The lowest BCUT2D eigenvalue weighted by Gasteiger charge is -2.07. The van der Waals surface area contributed by atoms with Gasteiger partial charge in [-0.05, 0) is 25.3 Å². The Labute approximate surface area is 108 Å². The van der Waals surface area contributed by atoms with Gasteiger partial charge in [0.2, 0.25) is 0 Å². The van der Waals surface area contributed by atoms with Crippen molar-refractivity contribution in [3.63, 3.8) is 0 Å². The van der Waals surface area contributed by atoms with Crippen molar-refractivity contribution in [3.8, 4) is 0 Å². The summed E-state index contributed by atoms with van der Waals surface area (Å²) in [6.07, 6.45) is 2.27. The highest BCUT2D eigenvalue weighted by atomic mass is 32.2. The van der Waals surface area contributed by atoms with Crippen LogP contribution < -0.4 is 5.32 Å². The van der Waals surface area contributed by atoms with E-state index in [-0.39, 0.29) is 0 Å². The number of thioether (sulfide) groups is 1. The maximum Gasteiger partial charge on any atom is 0.156 e. The van der Waals surface area contributed by atoms with Crippen LogP contribution in [0.25, 0.3) is 0 Å². The van der Waals surface area contributed by atoms with Crippen LogP contribution in [-0.2, 0) is 6.42 Å². The molecular weight excluding hydrogens is 228 g/mol. The lowest BCUT2D eigenvalue weighted by atomic mass is 10.1. The maximum atomic E-state index is 4.51. The summed E-state index contributed by atoms with van der Waals surface area (Å²) < 4.78 is 0. The van der Waals surface area contributed by atoms with E-state index < -0.39 is 0 Å². The van der Waals surface area contributed by atoms with E-state index >= 15 is 0 Å². The molecule has 0 spiro atoms. The Hall–Kier alpha value is -0.960. The van der Waals surface area contributed by atoms with Crippen LogP contribution >= 0.6 is 11.8 Å². The Kier molecular flexibility index (Phi) is 4.49. The number of benzene rings is 1. The molecule has 0 aliphatic carbocycles. The van der Waals surface area contributed by atoms with Crippen LogP contribution in [0.1, 0.15) is 24.5 Å². The predicted molar refractivity (Wildman–Crippen MR) is 76.9 cm³/mol. The van der Waals surface area contributed by atoms with Gasteiger partial charge in [0, 0.05) is 11.8 Å². The highest BCUT2D eigenvalue weighted by Crippen LogP contribution is 2.21. The van der Waals surface area contributed by atoms with Gasteiger partial charge in [-0.2, -0.15) is 0 Å². The molecule has 3 heteroatoms. The minimum Gasteiger partial charge on any atom is -0.365 e. The first-order chi connectivity index (χ1) is 8.28. The molecule has 1 aromatic rings. The van der Waals surface area contributed by atoms with E-state index in [0.717, 1.165) is 24.7 Å². The van der Waals surface area contributed by atoms with E-state index in [2.05, 4.69) is 48.4 Å². The van der Waals surface area contributed by atoms with Gasteiger partial charge in [-0.25, -0.2) is 0 Å². The van der Waals surface area contributed by atoms with E-state index in [0.29, 0.717) is 5.25 Å². The SMILES string of the molecule is CCC1CN=C(NCCc2cccc(C)c2)S1. The van der Waals surface area contributed by atoms with Crippen molar-refractivity contribution in [1.29, 1.82) is 0 Å². The van der Waals surface area contributed by atoms with Crippen LogP contribution in [0.15, 0.2) is 29.3 Å². The van der Waals surface area contributed by atoms with Gasteiger partial charge < -0.3 is 5.32 Å². The molecule has 1 atom stereocenters. The number of aryl methyl sites for hydroxylation is 1. The van der Waals surface area contributed by atoms with Crippen LogP contribution in [0.5, 0.6) is 0 Å². The zero-order valence-electron chi connectivity index (χ0n) is 10.6. The first kappa shape index (κ1) is 12.5. The molecule has 0 saturated carbocycles. The number of hydrogen-bond donors (Lipinski definition) is 1. The van der Waals surface area contributed by atoms with E-state index in [4.69, 9.17) is 0 Å². The molecule has 1 aliphatic heterocycles. The van der Waals surface area contributed by atoms with Crippen molar-refractivity contribution in [3.05, 3.63) is 35.4 Å². The Balaban J connectivity index is 1.73. The summed E-state index contributed by atoms with van der Waals surface area (Å²) in [6, 6.07) is 8.70. The molecule has 1 heterocycles. The molecule has 0 fully saturated rings. The van der Waals surface area contributed by atoms with Crippen molar-refractivity contribution < 1.29 is 0 Å². The lowest BCUT2D eigenvalue weighted by Crippen LogP contribution is -2.22. The Bertz CT molecular complexity index is 401. The summed E-state index contributed by atoms with van der Waals surface area (Å²) in [4.78, 5) is 4.51. The van der Waals surface area contributed by atoms with Crippen LogP contribution in [0, 0.1) is 6.92 Å². The Morgan fingerprint density at radius 1 is 1.47 bits per heavy atom. The largest absolute Gasteiger partial charge is 0.365 e. The molecule has 0 saturated heterocycles. The van der Waals surface area contributed by atoms with Gasteiger partial charge in [0.15, 0.2) is 5.17 Å². The summed E-state index contributed by atoms with van der Waals surface area (Å²) in [5.74, 6) is 0. The van der Waals surface area contributed by atoms with E-state index in [1.165, 1.54) is 17.5 Å². The molecule has 0 bridgehead atoms. The predicted octanol–water partition coefficient (Wildman–Crippen LogP) is 3.01. The van der Waals surface area contributed by atoms with Crippen molar-refractivity contribution in [2.45, 2.75) is 31.9 Å². The molecule has 0 aromatic heterocycles. The first-order valence-corrected chi connectivity index (χ1v) is 7.16. The average Bonchev–Trinajstić information content (AvgIpc) is 2.77. The van der Waals surface area contributed by atoms with Crippen LogP contribution in [0.2, 0.25) is 0 Å². The fraction of sp³-hybridized carbons (Fsp3) is 0.500. The topological polar surface area (TPSA) is 24.4 Å². The van der Waals surface area contributed by atoms with Gasteiger partial charge in [0.25, 0.3) is 0 Å². The third-order valence-electron chi connectivity index (χ3n) is 2.94. The van der Waals surface area contributed by atoms with Crippen molar-refractivity contribution in [1.82, 2.24) is 5.32 Å². The van der Waals surface area contributed by atoms with E-state index in [9.17, 15) is 0 Å². The summed E-state index contributed by atoms with van der Waals surface area (Å²) in [5, 5.41) is 5.25. The highest BCUT2D eigenvalue weighted by Gasteiger charge is 2.16. The number of nitrogens with one attached hydrogen (secondary N) is 1. The monoisotopic (exact) mass is 248 g/mol. The summed E-state index contributed by atoms with van der Waals surface area (Å²) in [7, 11) is 0. The second-order valence-electron chi connectivity index (χ2n) is 4.46. The number of aliphatic imine (C=N–C) groups is 1. The van der Waals surface area contributed by atoms with Crippen molar-refractivity contribution >= 4 is 16.9 Å². The molecule has 17 heavy (non-hydrogen) atoms. The van der Waals surface area contributed by atoms with Gasteiger partial charge in [0.1, 0.15) is 0 Å². The smallest absolute Gasteiger partial charge is 0.156 e. The Morgan fingerprint density at radius 2 is 2.35 bits per heavy atom. The van der Waals surface area contributed by atoms with Crippen molar-refractivity contribution in [2.75, 3.05) is 13.1 Å². The van der Waals surface area contributed by atoms with E-state index in [1.807, 2.05) is 11.8 Å². The summed E-state index contributed by atoms with van der Waals surface area (Å²) in [6.45, 7) is 6.32. The molecule has 0 radical (unpaired) electrons.